The predicted molar refractivity (Wildman–Crippen MR) is 70.4 cm³/mol. The van der Waals surface area contributed by atoms with Crippen LogP contribution in [0.2, 0.25) is 0 Å². The monoisotopic (exact) mass is 304 g/mol. The van der Waals surface area contributed by atoms with Crippen LogP contribution in [0.1, 0.15) is 20.3 Å². The fourth-order valence-corrected chi connectivity index (χ4v) is 1.42. The van der Waals surface area contributed by atoms with Gasteiger partial charge in [-0.05, 0) is 12.3 Å². The molecule has 0 rings (SSSR count). The molecule has 0 aromatic carbocycles. The molecule has 0 aromatic rings. The van der Waals surface area contributed by atoms with Crippen LogP contribution in [0.4, 0.5) is 4.79 Å². The van der Waals surface area contributed by atoms with E-state index >= 15 is 0 Å². The number of nitrogens with one attached hydrogen (secondary N) is 2. The topological polar surface area (TPSA) is 131 Å². The highest BCUT2D eigenvalue weighted by Gasteiger charge is 2.23. The summed E-state index contributed by atoms with van der Waals surface area (Å²) in [5.41, 5.74) is 0. The van der Waals surface area contributed by atoms with Gasteiger partial charge in [0.15, 0.2) is 0 Å². The van der Waals surface area contributed by atoms with E-state index in [2.05, 4.69) is 14.8 Å². The third-order valence-electron chi connectivity index (χ3n) is 2.21. The molecule has 3 N–H and O–H groups in total. The van der Waals surface area contributed by atoms with E-state index in [4.69, 9.17) is 5.11 Å². The molecule has 0 aliphatic carbocycles. The van der Waals surface area contributed by atoms with Crippen molar-refractivity contribution in [2.24, 2.45) is 5.92 Å². The van der Waals surface area contributed by atoms with E-state index in [1.165, 1.54) is 7.11 Å². The van der Waals surface area contributed by atoms with Crippen LogP contribution in [0.5, 0.6) is 0 Å². The predicted octanol–water partition coefficient (Wildman–Crippen LogP) is -0.499. The number of urea groups is 1. The Labute approximate surface area is 122 Å². The Morgan fingerprint density at radius 2 is 1.76 bits per heavy atom. The van der Waals surface area contributed by atoms with Crippen LogP contribution in [0, 0.1) is 5.92 Å². The molecule has 0 heterocycles. The second-order valence-electron chi connectivity index (χ2n) is 4.61. The zero-order valence-electron chi connectivity index (χ0n) is 12.2. The van der Waals surface area contributed by atoms with Gasteiger partial charge in [-0.15, -0.1) is 0 Å². The van der Waals surface area contributed by atoms with Crippen LogP contribution >= 0.6 is 0 Å². The average Bonchev–Trinajstić information content (AvgIpc) is 2.35. The number of methoxy groups -OCH3 is 1. The molecule has 1 unspecified atom stereocenters. The second kappa shape index (κ2) is 9.70. The van der Waals surface area contributed by atoms with E-state index in [1.807, 2.05) is 19.2 Å². The number of hydrogen-bond donors (Lipinski definition) is 3. The van der Waals surface area contributed by atoms with Gasteiger partial charge in [-0.2, -0.15) is 0 Å². The summed E-state index contributed by atoms with van der Waals surface area (Å²) >= 11 is 0. The lowest BCUT2D eigenvalue weighted by Gasteiger charge is -2.18. The summed E-state index contributed by atoms with van der Waals surface area (Å²) in [5, 5.41) is 12.5. The number of ether oxygens (including phenoxy) is 2. The van der Waals surface area contributed by atoms with Crippen LogP contribution in [0.25, 0.3) is 0 Å². The van der Waals surface area contributed by atoms with Crippen molar-refractivity contribution in [3.05, 3.63) is 0 Å². The molecule has 0 aromatic heterocycles. The number of rotatable bonds is 8. The lowest BCUT2D eigenvalue weighted by atomic mass is 10.0. The molecule has 0 fully saturated rings. The molecule has 3 amide bonds. The van der Waals surface area contributed by atoms with Gasteiger partial charge in [-0.3, -0.25) is 10.1 Å². The number of imide groups is 1. The van der Waals surface area contributed by atoms with Gasteiger partial charge in [0.2, 0.25) is 0 Å². The van der Waals surface area contributed by atoms with Crippen molar-refractivity contribution >= 4 is 23.9 Å². The quantitative estimate of drug-likeness (QED) is 0.515. The van der Waals surface area contributed by atoms with Gasteiger partial charge in [0.25, 0.3) is 5.91 Å². The molecule has 0 bridgehead atoms. The van der Waals surface area contributed by atoms with Gasteiger partial charge >= 0.3 is 18.0 Å². The van der Waals surface area contributed by atoms with E-state index < -0.39 is 43.1 Å². The van der Waals surface area contributed by atoms with Crippen molar-refractivity contribution in [3.8, 4) is 0 Å². The number of carbonyl (C=O) groups excluding carboxylic acids is 3. The third-order valence-corrected chi connectivity index (χ3v) is 2.21. The second-order valence-corrected chi connectivity index (χ2v) is 4.61. The lowest BCUT2D eigenvalue weighted by molar-refractivity contribution is -0.144. The van der Waals surface area contributed by atoms with Gasteiger partial charge in [-0.25, -0.2) is 14.4 Å². The summed E-state index contributed by atoms with van der Waals surface area (Å²) in [7, 11) is 1.19. The Morgan fingerprint density at radius 1 is 1.14 bits per heavy atom. The molecule has 0 spiro atoms. The number of hydrogen-bond acceptors (Lipinski definition) is 6. The molecule has 9 heteroatoms. The fourth-order valence-electron chi connectivity index (χ4n) is 1.42. The Kier molecular flexibility index (Phi) is 8.70. The molecule has 0 aliphatic rings. The minimum atomic E-state index is -1.23. The normalized spacial score (nSPS) is 11.6. The zero-order valence-corrected chi connectivity index (χ0v) is 12.2. The highest BCUT2D eigenvalue weighted by Crippen LogP contribution is 2.05. The van der Waals surface area contributed by atoms with E-state index in [-0.39, 0.29) is 5.92 Å². The first kappa shape index (κ1) is 18.8. The minimum absolute atomic E-state index is 0.129. The molecule has 0 radical (unpaired) electrons. The van der Waals surface area contributed by atoms with Crippen LogP contribution in [0.3, 0.4) is 0 Å². The van der Waals surface area contributed by atoms with Crippen LogP contribution in [-0.4, -0.2) is 55.3 Å². The van der Waals surface area contributed by atoms with Crippen molar-refractivity contribution in [2.45, 2.75) is 26.3 Å². The van der Waals surface area contributed by atoms with Crippen molar-refractivity contribution in [2.75, 3.05) is 20.3 Å². The standard InChI is InChI=1S/C12H20N2O7/c1-7(2)4-8(11(18)20-3)13-12(19)14-9(15)5-21-6-10(16)17/h7-8H,4-6H2,1-3H3,(H,16,17)(H2,13,14,15,19). The lowest BCUT2D eigenvalue weighted by Crippen LogP contribution is -2.49. The summed E-state index contributed by atoms with van der Waals surface area (Å²) in [6, 6.07) is -1.75. The first-order valence-electron chi connectivity index (χ1n) is 6.24. The first-order chi connectivity index (χ1) is 9.76. The number of aliphatic carboxylic acids is 1. The minimum Gasteiger partial charge on any atom is -0.480 e. The molecule has 120 valence electrons. The molecule has 1 atom stereocenters. The van der Waals surface area contributed by atoms with Crippen molar-refractivity contribution in [1.29, 1.82) is 0 Å². The highest BCUT2D eigenvalue weighted by molar-refractivity contribution is 5.96. The fraction of sp³-hybridized carbons (Fsp3) is 0.667. The first-order valence-corrected chi connectivity index (χ1v) is 6.24. The van der Waals surface area contributed by atoms with Gasteiger partial charge < -0.3 is 19.9 Å². The number of carboxylic acids is 1. The smallest absolute Gasteiger partial charge is 0.329 e. The van der Waals surface area contributed by atoms with Gasteiger partial charge in [0.1, 0.15) is 19.3 Å². The van der Waals surface area contributed by atoms with Gasteiger partial charge in [0.05, 0.1) is 7.11 Å². The molecule has 0 aliphatic heterocycles. The van der Waals surface area contributed by atoms with Crippen LogP contribution < -0.4 is 10.6 Å². The Morgan fingerprint density at radius 3 is 2.24 bits per heavy atom. The van der Waals surface area contributed by atoms with Crippen molar-refractivity contribution in [3.63, 3.8) is 0 Å². The van der Waals surface area contributed by atoms with Gasteiger partial charge in [0, 0.05) is 0 Å². The number of amides is 3. The van der Waals surface area contributed by atoms with Crippen LogP contribution in [0.15, 0.2) is 0 Å². The van der Waals surface area contributed by atoms with Crippen molar-refractivity contribution < 1.29 is 33.8 Å². The Bertz CT molecular complexity index is 395. The number of esters is 1. The van der Waals surface area contributed by atoms with Crippen LogP contribution in [-0.2, 0) is 23.9 Å². The SMILES string of the molecule is COC(=O)C(CC(C)C)NC(=O)NC(=O)COCC(=O)O. The van der Waals surface area contributed by atoms with E-state index in [0.29, 0.717) is 6.42 Å². The molecule has 21 heavy (non-hydrogen) atoms. The van der Waals surface area contributed by atoms with E-state index in [1.54, 1.807) is 0 Å². The van der Waals surface area contributed by atoms with E-state index in [0.717, 1.165) is 0 Å². The summed E-state index contributed by atoms with van der Waals surface area (Å²) in [6.45, 7) is 2.50. The third kappa shape index (κ3) is 9.38. The zero-order chi connectivity index (χ0) is 16.4. The van der Waals surface area contributed by atoms with E-state index in [9.17, 15) is 19.2 Å². The number of carbonyl (C=O) groups is 4. The largest absolute Gasteiger partial charge is 0.480 e. The molecular formula is C12H20N2O7. The maximum Gasteiger partial charge on any atom is 0.329 e. The van der Waals surface area contributed by atoms with Crippen molar-refractivity contribution in [1.82, 2.24) is 10.6 Å². The summed E-state index contributed by atoms with van der Waals surface area (Å²) in [5.74, 6) is -2.53. The Balaban J connectivity index is 4.27. The maximum absolute atomic E-state index is 11.5. The summed E-state index contributed by atoms with van der Waals surface area (Å²) in [4.78, 5) is 44.5. The molecular weight excluding hydrogens is 284 g/mol. The summed E-state index contributed by atoms with van der Waals surface area (Å²) < 4.78 is 9.07. The number of carboxylic acid groups (broad SMARTS) is 1. The molecule has 0 saturated carbocycles. The van der Waals surface area contributed by atoms with Gasteiger partial charge in [-0.1, -0.05) is 13.8 Å². The Hall–Kier alpha value is -2.16. The summed E-state index contributed by atoms with van der Waals surface area (Å²) in [6.07, 6.45) is 0.351. The average molecular weight is 304 g/mol. The highest BCUT2D eigenvalue weighted by atomic mass is 16.5. The molecule has 0 saturated heterocycles. The maximum atomic E-state index is 11.5. The molecule has 9 nitrogen and oxygen atoms in total.